The van der Waals surface area contributed by atoms with Gasteiger partial charge in [-0.2, -0.15) is 0 Å². The maximum atomic E-state index is 6.28. The van der Waals surface area contributed by atoms with Crippen LogP contribution in [0.5, 0.6) is 11.5 Å². The minimum absolute atomic E-state index is 0.254. The van der Waals surface area contributed by atoms with E-state index in [0.717, 1.165) is 36.4 Å². The van der Waals surface area contributed by atoms with Crippen molar-refractivity contribution < 1.29 is 14.2 Å². The van der Waals surface area contributed by atoms with Crippen LogP contribution in [0, 0.1) is 26.7 Å². The summed E-state index contributed by atoms with van der Waals surface area (Å²) in [6, 6.07) is 0. The Morgan fingerprint density at radius 2 is 1.91 bits per heavy atom. The maximum absolute atomic E-state index is 6.28. The van der Waals surface area contributed by atoms with Crippen LogP contribution in [0.3, 0.4) is 0 Å². The number of hydrogen-bond donors (Lipinski definition) is 1. The lowest BCUT2D eigenvalue weighted by molar-refractivity contribution is 0.0495. The van der Waals surface area contributed by atoms with Crippen LogP contribution >= 0.6 is 0 Å². The number of rotatable bonds is 6. The number of ether oxygens (including phenoxy) is 3. The SMILES string of the molecule is CNCCC1Cc2c(C)c(OCOC)c(C)c(C)c2OC1C. The fourth-order valence-corrected chi connectivity index (χ4v) is 3.27. The molecule has 1 aromatic rings. The molecule has 4 nitrogen and oxygen atoms in total. The first-order valence-corrected chi connectivity index (χ1v) is 8.06. The standard InChI is InChI=1S/C18H29NO3/c1-11-12(2)18-16(13(3)17(11)21-10-20-6)9-15(7-8-19-5)14(4)22-18/h14-15,19H,7-10H2,1-6H3. The predicted molar refractivity (Wildman–Crippen MR) is 89.0 cm³/mol. The predicted octanol–water partition coefficient (Wildman–Crippen LogP) is 3.14. The molecule has 0 saturated carbocycles. The summed E-state index contributed by atoms with van der Waals surface area (Å²) >= 11 is 0. The molecule has 0 fully saturated rings. The molecule has 0 aliphatic carbocycles. The Labute approximate surface area is 134 Å². The number of nitrogens with one attached hydrogen (secondary N) is 1. The lowest BCUT2D eigenvalue weighted by Crippen LogP contribution is -2.33. The van der Waals surface area contributed by atoms with Crippen molar-refractivity contribution in [3.8, 4) is 11.5 Å². The Balaban J connectivity index is 2.37. The van der Waals surface area contributed by atoms with Crippen LogP contribution in [0.2, 0.25) is 0 Å². The van der Waals surface area contributed by atoms with Crippen molar-refractivity contribution in [1.82, 2.24) is 5.32 Å². The van der Waals surface area contributed by atoms with Crippen LogP contribution < -0.4 is 14.8 Å². The molecule has 1 aliphatic rings. The fraction of sp³-hybridized carbons (Fsp3) is 0.667. The second-order valence-electron chi connectivity index (χ2n) is 6.24. The summed E-state index contributed by atoms with van der Waals surface area (Å²) in [7, 11) is 3.65. The summed E-state index contributed by atoms with van der Waals surface area (Å²) in [6.07, 6.45) is 2.43. The van der Waals surface area contributed by atoms with Crippen LogP contribution in [0.1, 0.15) is 35.6 Å². The normalized spacial score (nSPS) is 20.5. The number of methoxy groups -OCH3 is 1. The van der Waals surface area contributed by atoms with E-state index in [-0.39, 0.29) is 12.9 Å². The first-order valence-electron chi connectivity index (χ1n) is 8.06. The largest absolute Gasteiger partial charge is 0.490 e. The minimum atomic E-state index is 0.254. The lowest BCUT2D eigenvalue weighted by Gasteiger charge is -2.35. The Hall–Kier alpha value is -1.26. The van der Waals surface area contributed by atoms with E-state index in [4.69, 9.17) is 14.2 Å². The highest BCUT2D eigenvalue weighted by molar-refractivity contribution is 5.58. The van der Waals surface area contributed by atoms with Crippen molar-refractivity contribution in [3.05, 3.63) is 22.3 Å². The van der Waals surface area contributed by atoms with Gasteiger partial charge in [0.2, 0.25) is 0 Å². The number of hydrogen-bond acceptors (Lipinski definition) is 4. The average Bonchev–Trinajstić information content (AvgIpc) is 2.51. The zero-order valence-electron chi connectivity index (χ0n) is 14.7. The third-order valence-corrected chi connectivity index (χ3v) is 4.83. The Morgan fingerprint density at radius 1 is 1.18 bits per heavy atom. The molecular weight excluding hydrogens is 278 g/mol. The zero-order valence-corrected chi connectivity index (χ0v) is 14.7. The van der Waals surface area contributed by atoms with Gasteiger partial charge in [-0.25, -0.2) is 0 Å². The molecule has 1 heterocycles. The molecule has 4 heteroatoms. The lowest BCUT2D eigenvalue weighted by atomic mass is 9.84. The third kappa shape index (κ3) is 3.23. The van der Waals surface area contributed by atoms with Crippen molar-refractivity contribution in [3.63, 3.8) is 0 Å². The summed E-state index contributed by atoms with van der Waals surface area (Å²) in [6.45, 7) is 9.82. The number of fused-ring (bicyclic) bond motifs is 1. The van der Waals surface area contributed by atoms with Gasteiger partial charge >= 0.3 is 0 Å². The van der Waals surface area contributed by atoms with E-state index in [2.05, 4.69) is 33.0 Å². The molecule has 1 aliphatic heterocycles. The first kappa shape index (κ1) is 17.1. The average molecular weight is 307 g/mol. The minimum Gasteiger partial charge on any atom is -0.490 e. The third-order valence-electron chi connectivity index (χ3n) is 4.83. The van der Waals surface area contributed by atoms with E-state index in [1.807, 2.05) is 7.05 Å². The van der Waals surface area contributed by atoms with Crippen LogP contribution in [0.25, 0.3) is 0 Å². The fourth-order valence-electron chi connectivity index (χ4n) is 3.27. The molecule has 2 atom stereocenters. The van der Waals surface area contributed by atoms with Crippen LogP contribution in [0.4, 0.5) is 0 Å². The van der Waals surface area contributed by atoms with Crippen molar-refractivity contribution in [1.29, 1.82) is 0 Å². The molecule has 2 unspecified atom stereocenters. The molecule has 0 amide bonds. The van der Waals surface area contributed by atoms with Gasteiger partial charge in [0.05, 0.1) is 6.10 Å². The highest BCUT2D eigenvalue weighted by Crippen LogP contribution is 2.43. The van der Waals surface area contributed by atoms with Gasteiger partial charge in [-0.1, -0.05) is 0 Å². The second kappa shape index (κ2) is 7.34. The van der Waals surface area contributed by atoms with Crippen molar-refractivity contribution in [2.75, 3.05) is 27.5 Å². The van der Waals surface area contributed by atoms with Gasteiger partial charge in [0, 0.05) is 18.6 Å². The summed E-state index contributed by atoms with van der Waals surface area (Å²) < 4.78 is 17.2. The van der Waals surface area contributed by atoms with Crippen molar-refractivity contribution in [2.45, 2.75) is 46.6 Å². The number of benzene rings is 1. The summed E-state index contributed by atoms with van der Waals surface area (Å²) in [4.78, 5) is 0. The van der Waals surface area contributed by atoms with Crippen LogP contribution in [-0.2, 0) is 11.2 Å². The van der Waals surface area contributed by atoms with E-state index >= 15 is 0 Å². The molecule has 0 bridgehead atoms. The monoisotopic (exact) mass is 307 g/mol. The van der Waals surface area contributed by atoms with Gasteiger partial charge in [-0.3, -0.25) is 0 Å². The van der Waals surface area contributed by atoms with Gasteiger partial charge in [0.15, 0.2) is 6.79 Å². The molecule has 124 valence electrons. The topological polar surface area (TPSA) is 39.7 Å². The Kier molecular flexibility index (Phi) is 5.70. The Morgan fingerprint density at radius 3 is 2.55 bits per heavy atom. The summed E-state index contributed by atoms with van der Waals surface area (Å²) in [5, 5.41) is 3.24. The van der Waals surface area contributed by atoms with Gasteiger partial charge in [0.1, 0.15) is 11.5 Å². The molecule has 0 radical (unpaired) electrons. The van der Waals surface area contributed by atoms with Crippen molar-refractivity contribution >= 4 is 0 Å². The zero-order chi connectivity index (χ0) is 16.3. The molecule has 22 heavy (non-hydrogen) atoms. The van der Waals surface area contributed by atoms with Gasteiger partial charge < -0.3 is 19.5 Å². The van der Waals surface area contributed by atoms with E-state index in [0.29, 0.717) is 5.92 Å². The van der Waals surface area contributed by atoms with E-state index < -0.39 is 0 Å². The Bertz CT molecular complexity index is 528. The van der Waals surface area contributed by atoms with E-state index in [1.54, 1.807) is 7.11 Å². The maximum Gasteiger partial charge on any atom is 0.188 e. The van der Waals surface area contributed by atoms with Crippen LogP contribution in [0.15, 0.2) is 0 Å². The summed E-state index contributed by atoms with van der Waals surface area (Å²) in [5.41, 5.74) is 4.82. The quantitative estimate of drug-likeness (QED) is 0.820. The molecule has 2 rings (SSSR count). The van der Waals surface area contributed by atoms with Gasteiger partial charge in [-0.15, -0.1) is 0 Å². The van der Waals surface area contributed by atoms with E-state index in [1.165, 1.54) is 16.7 Å². The van der Waals surface area contributed by atoms with Crippen molar-refractivity contribution in [2.24, 2.45) is 5.92 Å². The molecule has 1 aromatic carbocycles. The smallest absolute Gasteiger partial charge is 0.188 e. The highest BCUT2D eigenvalue weighted by Gasteiger charge is 2.31. The van der Waals surface area contributed by atoms with Gasteiger partial charge in [-0.05, 0) is 70.8 Å². The molecule has 0 spiro atoms. The summed E-state index contributed by atoms with van der Waals surface area (Å²) in [5.74, 6) is 2.55. The second-order valence-corrected chi connectivity index (χ2v) is 6.24. The highest BCUT2D eigenvalue weighted by atomic mass is 16.7. The molecular formula is C18H29NO3. The van der Waals surface area contributed by atoms with Crippen LogP contribution in [-0.4, -0.2) is 33.6 Å². The molecule has 0 saturated heterocycles. The molecule has 1 N–H and O–H groups in total. The van der Waals surface area contributed by atoms with Gasteiger partial charge in [0.25, 0.3) is 0 Å². The molecule has 0 aromatic heterocycles. The van der Waals surface area contributed by atoms with E-state index in [9.17, 15) is 0 Å². The first-order chi connectivity index (χ1) is 10.5.